The van der Waals surface area contributed by atoms with Gasteiger partial charge in [-0.05, 0) is 64.1 Å². The van der Waals surface area contributed by atoms with Crippen LogP contribution in [0.15, 0.2) is 106 Å². The highest BCUT2D eigenvalue weighted by molar-refractivity contribution is 7.07. The second kappa shape index (κ2) is 8.71. The van der Waals surface area contributed by atoms with Crippen LogP contribution < -0.4 is 19.6 Å². The van der Waals surface area contributed by atoms with Crippen molar-refractivity contribution < 1.29 is 4.74 Å². The maximum Gasteiger partial charge on any atom is 0.271 e. The van der Waals surface area contributed by atoms with Crippen LogP contribution in [0.5, 0.6) is 5.75 Å². The van der Waals surface area contributed by atoms with Crippen molar-refractivity contribution in [3.05, 3.63) is 139 Å². The molecule has 2 aliphatic rings. The largest absolute Gasteiger partial charge is 0.497 e. The van der Waals surface area contributed by atoms with E-state index in [1.165, 1.54) is 28.0 Å². The standard InChI is InChI=1S/C32H24N2O2S/c1-36-24-16-13-22(14-17-24)30-27-18-15-21-8-3-5-12-26(21)29(27)33-32-34(30)31(35)28(37-32)19-23-10-6-9-20-7-2-4-11-25(20)23/h2-14,16-17,19,30H,15,18H2,1H3/b28-19+/t30-/m0/s1. The van der Waals surface area contributed by atoms with Gasteiger partial charge in [-0.25, -0.2) is 4.99 Å². The molecule has 4 aromatic carbocycles. The van der Waals surface area contributed by atoms with E-state index in [0.29, 0.717) is 4.53 Å². The van der Waals surface area contributed by atoms with Crippen LogP contribution in [0, 0.1) is 0 Å². The van der Waals surface area contributed by atoms with Gasteiger partial charge in [0.25, 0.3) is 5.56 Å². The topological polar surface area (TPSA) is 43.6 Å². The molecule has 1 atom stereocenters. The summed E-state index contributed by atoms with van der Waals surface area (Å²) >= 11 is 1.47. The highest BCUT2D eigenvalue weighted by Crippen LogP contribution is 2.41. The summed E-state index contributed by atoms with van der Waals surface area (Å²) in [6, 6.07) is 30.9. The Hall–Kier alpha value is -4.22. The fourth-order valence-electron chi connectivity index (χ4n) is 5.63. The average Bonchev–Trinajstić information content (AvgIpc) is 3.26. The number of allylic oxidation sites excluding steroid dienone is 1. The maximum atomic E-state index is 14.0. The lowest BCUT2D eigenvalue weighted by atomic mass is 9.83. The monoisotopic (exact) mass is 500 g/mol. The molecule has 0 N–H and O–H groups in total. The zero-order chi connectivity index (χ0) is 24.9. The Labute approximate surface area is 218 Å². The Kier molecular flexibility index (Phi) is 5.18. The van der Waals surface area contributed by atoms with Crippen molar-refractivity contribution in [2.24, 2.45) is 4.99 Å². The lowest BCUT2D eigenvalue weighted by Crippen LogP contribution is -2.38. The number of rotatable bonds is 3. The molecule has 1 aliphatic carbocycles. The van der Waals surface area contributed by atoms with E-state index in [-0.39, 0.29) is 11.6 Å². The Morgan fingerprint density at radius 3 is 2.57 bits per heavy atom. The van der Waals surface area contributed by atoms with E-state index in [2.05, 4.69) is 60.7 Å². The highest BCUT2D eigenvalue weighted by Gasteiger charge is 2.32. The Morgan fingerprint density at radius 2 is 1.70 bits per heavy atom. The molecule has 37 heavy (non-hydrogen) atoms. The normalized spacial score (nSPS) is 16.7. The van der Waals surface area contributed by atoms with Crippen molar-refractivity contribution in [2.75, 3.05) is 7.11 Å². The predicted molar refractivity (Wildman–Crippen MR) is 150 cm³/mol. The van der Waals surface area contributed by atoms with Gasteiger partial charge in [0.1, 0.15) is 5.75 Å². The maximum absolute atomic E-state index is 14.0. The van der Waals surface area contributed by atoms with Gasteiger partial charge < -0.3 is 4.74 Å². The smallest absolute Gasteiger partial charge is 0.271 e. The lowest BCUT2D eigenvalue weighted by Gasteiger charge is -2.30. The number of nitrogens with zero attached hydrogens (tertiary/aromatic N) is 2. The van der Waals surface area contributed by atoms with Crippen molar-refractivity contribution in [3.8, 4) is 5.75 Å². The first-order valence-electron chi connectivity index (χ1n) is 12.5. The second-order valence-corrected chi connectivity index (χ2v) is 10.5. The summed E-state index contributed by atoms with van der Waals surface area (Å²) in [6.45, 7) is 0. The lowest BCUT2D eigenvalue weighted by molar-refractivity contribution is 0.414. The molecule has 0 radical (unpaired) electrons. The number of methoxy groups -OCH3 is 1. The SMILES string of the molecule is COc1ccc([C@H]2C3=C(N=c4s/c(=C/c5cccc6ccccc56)c(=O)n42)c2ccccc2CC3)cc1. The van der Waals surface area contributed by atoms with Gasteiger partial charge in [-0.2, -0.15) is 0 Å². The summed E-state index contributed by atoms with van der Waals surface area (Å²) in [4.78, 5) is 19.9. The minimum Gasteiger partial charge on any atom is -0.497 e. The van der Waals surface area contributed by atoms with Crippen molar-refractivity contribution in [2.45, 2.75) is 18.9 Å². The van der Waals surface area contributed by atoms with Crippen LogP contribution in [0.2, 0.25) is 0 Å². The molecule has 1 aromatic heterocycles. The van der Waals surface area contributed by atoms with Crippen molar-refractivity contribution in [3.63, 3.8) is 0 Å². The third kappa shape index (κ3) is 3.58. The fourth-order valence-corrected chi connectivity index (χ4v) is 6.62. The Morgan fingerprint density at radius 1 is 0.919 bits per heavy atom. The molecule has 0 saturated carbocycles. The molecule has 0 spiro atoms. The molecule has 0 unspecified atom stereocenters. The quantitative estimate of drug-likeness (QED) is 0.329. The van der Waals surface area contributed by atoms with Crippen molar-refractivity contribution in [1.82, 2.24) is 4.57 Å². The molecule has 7 rings (SSSR count). The minimum absolute atomic E-state index is 0.00270. The van der Waals surface area contributed by atoms with E-state index < -0.39 is 0 Å². The molecule has 5 heteroatoms. The third-order valence-electron chi connectivity index (χ3n) is 7.41. The summed E-state index contributed by atoms with van der Waals surface area (Å²) in [7, 11) is 1.67. The number of benzene rings is 4. The van der Waals surface area contributed by atoms with Crippen LogP contribution in [-0.2, 0) is 6.42 Å². The van der Waals surface area contributed by atoms with Crippen LogP contribution in [0.25, 0.3) is 22.5 Å². The van der Waals surface area contributed by atoms with Gasteiger partial charge in [0.15, 0.2) is 4.80 Å². The van der Waals surface area contributed by atoms with Gasteiger partial charge in [0, 0.05) is 5.56 Å². The number of fused-ring (bicyclic) bond motifs is 4. The number of hydrogen-bond donors (Lipinski definition) is 0. The summed E-state index contributed by atoms with van der Waals surface area (Å²) in [5, 5.41) is 2.29. The molecule has 0 fully saturated rings. The first-order chi connectivity index (χ1) is 18.2. The molecule has 2 heterocycles. The molecule has 0 saturated heterocycles. The van der Waals surface area contributed by atoms with E-state index in [4.69, 9.17) is 9.73 Å². The molecule has 5 aromatic rings. The van der Waals surface area contributed by atoms with Gasteiger partial charge in [0.2, 0.25) is 0 Å². The van der Waals surface area contributed by atoms with Crippen molar-refractivity contribution in [1.29, 1.82) is 0 Å². The van der Waals surface area contributed by atoms with Crippen LogP contribution >= 0.6 is 11.3 Å². The van der Waals surface area contributed by atoms with Crippen LogP contribution in [-0.4, -0.2) is 11.7 Å². The summed E-state index contributed by atoms with van der Waals surface area (Å²) in [6.07, 6.45) is 3.84. The number of thiazole rings is 1. The van der Waals surface area contributed by atoms with Crippen LogP contribution in [0.4, 0.5) is 0 Å². The zero-order valence-electron chi connectivity index (χ0n) is 20.3. The molecule has 1 aliphatic heterocycles. The van der Waals surface area contributed by atoms with Gasteiger partial charge in [-0.3, -0.25) is 9.36 Å². The van der Waals surface area contributed by atoms with E-state index in [0.717, 1.165) is 51.0 Å². The number of ether oxygens (including phenoxy) is 1. The minimum atomic E-state index is -0.194. The van der Waals surface area contributed by atoms with E-state index >= 15 is 0 Å². The highest BCUT2D eigenvalue weighted by atomic mass is 32.1. The Balaban J connectivity index is 1.49. The predicted octanol–water partition coefficient (Wildman–Crippen LogP) is 5.48. The van der Waals surface area contributed by atoms with Gasteiger partial charge in [0.05, 0.1) is 23.4 Å². The first-order valence-corrected chi connectivity index (χ1v) is 13.3. The molecule has 4 nitrogen and oxygen atoms in total. The molecular formula is C32H24N2O2S. The third-order valence-corrected chi connectivity index (χ3v) is 8.40. The van der Waals surface area contributed by atoms with E-state index in [1.807, 2.05) is 41.0 Å². The fraction of sp³-hybridized carbons (Fsp3) is 0.125. The van der Waals surface area contributed by atoms with Crippen molar-refractivity contribution >= 4 is 33.9 Å². The molecule has 180 valence electrons. The molecule has 0 bridgehead atoms. The molecule has 0 amide bonds. The van der Waals surface area contributed by atoms with Crippen LogP contribution in [0.3, 0.4) is 0 Å². The second-order valence-electron chi connectivity index (χ2n) is 9.46. The summed E-state index contributed by atoms with van der Waals surface area (Å²) < 4.78 is 8.00. The van der Waals surface area contributed by atoms with Gasteiger partial charge in [-0.15, -0.1) is 0 Å². The van der Waals surface area contributed by atoms with Gasteiger partial charge >= 0.3 is 0 Å². The first kappa shape index (κ1) is 22.0. The number of hydrogen-bond acceptors (Lipinski definition) is 4. The number of aromatic nitrogens is 1. The zero-order valence-corrected chi connectivity index (χ0v) is 21.2. The van der Waals surface area contributed by atoms with E-state index in [9.17, 15) is 4.79 Å². The van der Waals surface area contributed by atoms with E-state index in [1.54, 1.807) is 7.11 Å². The summed E-state index contributed by atoms with van der Waals surface area (Å²) in [5.41, 5.74) is 6.82. The Bertz CT molecular complexity index is 1890. The van der Waals surface area contributed by atoms with Crippen LogP contribution in [0.1, 0.15) is 34.7 Å². The summed E-state index contributed by atoms with van der Waals surface area (Å²) in [5.74, 6) is 0.801. The average molecular weight is 501 g/mol. The van der Waals surface area contributed by atoms with Gasteiger partial charge in [-0.1, -0.05) is 90.2 Å². The molecular weight excluding hydrogens is 476 g/mol. The number of aryl methyl sites for hydroxylation is 1.